The monoisotopic (exact) mass is 913 g/mol. The number of hydrogen-bond acceptors (Lipinski definition) is 9. The van der Waals surface area contributed by atoms with Crippen LogP contribution in [0.25, 0.3) is 33.4 Å². The molecule has 1 N–H and O–H groups in total. The van der Waals surface area contributed by atoms with Crippen molar-refractivity contribution in [3.63, 3.8) is 0 Å². The first-order chi connectivity index (χ1) is 30.5. The minimum absolute atomic E-state index is 0.450. The van der Waals surface area contributed by atoms with Gasteiger partial charge in [-0.25, -0.2) is 0 Å². The van der Waals surface area contributed by atoms with E-state index in [4.69, 9.17) is 36.6 Å². The van der Waals surface area contributed by atoms with E-state index in [-0.39, 0.29) is 0 Å². The highest BCUT2D eigenvalue weighted by Gasteiger charge is 2.74. The van der Waals surface area contributed by atoms with Gasteiger partial charge in [0.15, 0.2) is 34.5 Å². The van der Waals surface area contributed by atoms with Gasteiger partial charge in [0.2, 0.25) is 0 Å². The number of nitrogens with one attached hydrogen (secondary N) is 1. The second-order valence-electron chi connectivity index (χ2n) is 20.1. The maximum absolute atomic E-state index is 7.74. The number of fused-ring (bicyclic) bond motifs is 9. The van der Waals surface area contributed by atoms with Crippen LogP contribution in [0.2, 0.25) is 0 Å². The van der Waals surface area contributed by atoms with Crippen molar-refractivity contribution in [3.8, 4) is 79.4 Å². The van der Waals surface area contributed by atoms with Crippen molar-refractivity contribution in [2.75, 3.05) is 14.2 Å². The van der Waals surface area contributed by atoms with Gasteiger partial charge in [-0.05, 0) is 159 Å². The lowest BCUT2D eigenvalue weighted by atomic mass is 9.81. The van der Waals surface area contributed by atoms with Crippen molar-refractivity contribution in [2.45, 2.75) is 108 Å². The first-order valence-electron chi connectivity index (χ1n) is 22.2. The predicted molar refractivity (Wildman–Crippen MR) is 265 cm³/mol. The fourth-order valence-electron chi connectivity index (χ4n) is 9.36. The highest BCUT2D eigenvalue weighted by Crippen LogP contribution is 2.76. The first-order valence-corrected chi connectivity index (χ1v) is 25.3. The van der Waals surface area contributed by atoms with Gasteiger partial charge in [-0.3, -0.25) is 27.1 Å². The minimum Gasteiger partial charge on any atom is -0.497 e. The van der Waals surface area contributed by atoms with Crippen LogP contribution < -0.4 is 41.5 Å². The van der Waals surface area contributed by atoms with E-state index >= 15 is 0 Å². The van der Waals surface area contributed by atoms with Crippen LogP contribution in [0.3, 0.4) is 0 Å². The maximum atomic E-state index is 7.74. The van der Waals surface area contributed by atoms with Gasteiger partial charge in [0, 0.05) is 44.5 Å². The van der Waals surface area contributed by atoms with Gasteiger partial charge >= 0.3 is 16.2 Å². The molecule has 0 aliphatic carbocycles. The molecule has 0 saturated heterocycles. The number of hydrogen-bond donors (Lipinski definition) is 1. The second-order valence-corrected chi connectivity index (χ2v) is 24.0. The molecular formula is C54H61NO8P2+2. The topological polar surface area (TPSA) is 85.9 Å². The van der Waals surface area contributed by atoms with Crippen molar-refractivity contribution in [1.29, 1.82) is 0 Å². The number of benzene rings is 6. The fraction of sp³-hybridized carbons (Fsp3) is 0.333. The Hall–Kier alpha value is -5.46. The Morgan fingerprint density at radius 3 is 0.846 bits per heavy atom. The number of rotatable bonds is 2. The molecule has 0 radical (unpaired) electrons. The molecule has 6 aromatic rings. The van der Waals surface area contributed by atoms with Gasteiger partial charge in [0.1, 0.15) is 16.4 Å². The molecule has 0 atom stereocenters. The molecule has 3 heterocycles. The van der Waals surface area contributed by atoms with Crippen molar-refractivity contribution in [3.05, 3.63) is 128 Å². The molecule has 338 valence electrons. The fourth-order valence-corrected chi connectivity index (χ4v) is 14.6. The largest absolute Gasteiger partial charge is 0.682 e. The number of methoxy groups -OCH3 is 2. The summed E-state index contributed by atoms with van der Waals surface area (Å²) in [4.78, 5) is 3.86. The predicted octanol–water partition coefficient (Wildman–Crippen LogP) is 15.4. The third-order valence-electron chi connectivity index (χ3n) is 12.3. The summed E-state index contributed by atoms with van der Waals surface area (Å²) in [5, 5.41) is 0. The van der Waals surface area contributed by atoms with Crippen LogP contribution in [-0.2, 0) is 10.8 Å². The average Bonchev–Trinajstić information content (AvgIpc) is 3.40. The molecule has 65 heavy (non-hydrogen) atoms. The Kier molecular flexibility index (Phi) is 10.7. The molecule has 0 unspecified atom stereocenters. The van der Waals surface area contributed by atoms with Crippen LogP contribution in [0.4, 0.5) is 0 Å². The molecule has 0 amide bonds. The molecule has 9 nitrogen and oxygen atoms in total. The molecule has 0 saturated carbocycles. The Morgan fingerprint density at radius 2 is 0.600 bits per heavy atom. The van der Waals surface area contributed by atoms with Gasteiger partial charge in [-0.15, -0.1) is 0 Å². The van der Waals surface area contributed by atoms with Gasteiger partial charge < -0.3 is 9.47 Å². The zero-order valence-electron chi connectivity index (χ0n) is 40.6. The van der Waals surface area contributed by atoms with E-state index in [9.17, 15) is 0 Å². The van der Waals surface area contributed by atoms with E-state index in [0.29, 0.717) is 46.0 Å². The zero-order valence-corrected chi connectivity index (χ0v) is 42.4. The van der Waals surface area contributed by atoms with Crippen LogP contribution >= 0.6 is 16.2 Å². The van der Waals surface area contributed by atoms with Crippen molar-refractivity contribution in [1.82, 2.24) is 4.86 Å². The van der Waals surface area contributed by atoms with Gasteiger partial charge in [0.05, 0.1) is 14.2 Å². The Balaban J connectivity index is 1.45. The van der Waals surface area contributed by atoms with Crippen LogP contribution in [0, 0.1) is 55.4 Å². The van der Waals surface area contributed by atoms with Gasteiger partial charge in [0.25, 0.3) is 0 Å². The molecular weight excluding hydrogens is 853 g/mol. The van der Waals surface area contributed by atoms with Crippen molar-refractivity contribution in [2.24, 2.45) is 0 Å². The Morgan fingerprint density at radius 1 is 0.354 bits per heavy atom. The normalized spacial score (nSPS) is 15.4. The lowest BCUT2D eigenvalue weighted by Crippen LogP contribution is -2.36. The number of aryl methyl sites for hydroxylation is 8. The Bertz CT molecular complexity index is 2830. The van der Waals surface area contributed by atoms with E-state index in [1.165, 1.54) is 0 Å². The SMILES string of the molecule is COc1cc2c(c(C(C)(C)C)c1)O[P+]1(N[P+]3(Oc4c(C)cc(C)cc4-c4cc(C)cc(C)c4O3)Oc3c(C)cc(C)cc3-c3cc(C)cc(C)c3O1)Oc1c-2cc(OC)cc1C(C)(C)C. The van der Waals surface area contributed by atoms with E-state index in [2.05, 4.69) is 150 Å². The van der Waals surface area contributed by atoms with Crippen LogP contribution in [0.15, 0.2) is 72.8 Å². The minimum atomic E-state index is -4.14. The highest BCUT2D eigenvalue weighted by atomic mass is 31.3. The third-order valence-corrected chi connectivity index (χ3v) is 16.8. The molecule has 2 spiro atoms. The highest BCUT2D eigenvalue weighted by molar-refractivity contribution is 7.76. The standard InChI is InChI=1S/C54H61NO8P2/c1-29-17-33(5)47-39(21-29)40-22-30(2)18-34(6)48(40)59-64(58-47)55-65(61-50-36(8)20-32(4)24-42(50)41-23-31(3)19-35(7)49(41)60-64)62-51-43(25-37(56-15)27-45(51)53(9,10)11)44-26-38(57-16)28-46(52(44)63-65)54(12,13)14/h17-28,55H,1-16H3/q+2. The molecule has 0 aromatic heterocycles. The molecule has 11 heteroatoms. The smallest absolute Gasteiger partial charge is 0.497 e. The van der Waals surface area contributed by atoms with Crippen LogP contribution in [-0.4, -0.2) is 14.2 Å². The van der Waals surface area contributed by atoms with Crippen molar-refractivity contribution < 1.29 is 36.6 Å². The zero-order chi connectivity index (χ0) is 46.7. The summed E-state index contributed by atoms with van der Waals surface area (Å²) >= 11 is 0. The molecule has 0 bridgehead atoms. The summed E-state index contributed by atoms with van der Waals surface area (Å²) in [6, 6.07) is 25.2. The lowest BCUT2D eigenvalue weighted by molar-refractivity contribution is 0.317. The summed E-state index contributed by atoms with van der Waals surface area (Å²) in [6.45, 7) is 29.6. The van der Waals surface area contributed by atoms with Gasteiger partial charge in [-0.1, -0.05) is 65.8 Å². The number of ether oxygens (including phenoxy) is 2. The van der Waals surface area contributed by atoms with E-state index in [1.54, 1.807) is 14.2 Å². The molecule has 9 rings (SSSR count). The Labute approximate surface area is 386 Å². The molecule has 0 fully saturated rings. The lowest BCUT2D eigenvalue weighted by Gasteiger charge is -2.28. The van der Waals surface area contributed by atoms with Gasteiger partial charge in [-0.2, -0.15) is 0 Å². The quantitative estimate of drug-likeness (QED) is 0.171. The molecule has 6 aromatic carbocycles. The maximum Gasteiger partial charge on any atom is 0.682 e. The molecule has 3 aliphatic rings. The first kappa shape index (κ1) is 44.7. The van der Waals surface area contributed by atoms with Crippen LogP contribution in [0.1, 0.15) is 97.2 Å². The van der Waals surface area contributed by atoms with Crippen molar-refractivity contribution >= 4 is 16.2 Å². The third kappa shape index (κ3) is 7.84. The summed E-state index contributed by atoms with van der Waals surface area (Å²) in [5.41, 5.74) is 13.8. The summed E-state index contributed by atoms with van der Waals surface area (Å²) in [5.74, 6) is 4.91. The summed E-state index contributed by atoms with van der Waals surface area (Å²) in [7, 11) is -4.82. The second kappa shape index (κ2) is 15.6. The summed E-state index contributed by atoms with van der Waals surface area (Å²) < 4.78 is 58.0. The van der Waals surface area contributed by atoms with Crippen LogP contribution in [0.5, 0.6) is 46.0 Å². The molecule has 3 aliphatic heterocycles. The summed E-state index contributed by atoms with van der Waals surface area (Å²) in [6.07, 6.45) is 0. The average molecular weight is 914 g/mol. The van der Waals surface area contributed by atoms with E-state index in [1.807, 2.05) is 24.3 Å². The van der Waals surface area contributed by atoms with E-state index in [0.717, 1.165) is 89.0 Å². The van der Waals surface area contributed by atoms with E-state index < -0.39 is 27.0 Å².